The molecule has 0 aliphatic rings. The molecule has 2 aromatic carbocycles. The second-order valence-electron chi connectivity index (χ2n) is 4.48. The van der Waals surface area contributed by atoms with E-state index in [1.807, 2.05) is 0 Å². The number of esters is 1. The molecule has 6 nitrogen and oxygen atoms in total. The van der Waals surface area contributed by atoms with Crippen LogP contribution in [0.3, 0.4) is 0 Å². The second kappa shape index (κ2) is 9.89. The van der Waals surface area contributed by atoms with Crippen molar-refractivity contribution < 1.29 is 28.9 Å². The summed E-state index contributed by atoms with van der Waals surface area (Å²) in [6.45, 7) is 2.17. The highest BCUT2D eigenvalue weighted by atomic mass is 16.5. The van der Waals surface area contributed by atoms with Gasteiger partial charge >= 0.3 is 11.9 Å². The zero-order chi connectivity index (χ0) is 17.9. The smallest absolute Gasteiger partial charge is 0.338 e. The summed E-state index contributed by atoms with van der Waals surface area (Å²) in [6.07, 6.45) is 0. The monoisotopic (exact) mass is 332 g/mol. The number of hydrogen-bond donors (Lipinski definition) is 1. The third kappa shape index (κ3) is 6.00. The Hall–Kier alpha value is -3.02. The van der Waals surface area contributed by atoms with Crippen LogP contribution >= 0.6 is 0 Å². The Morgan fingerprint density at radius 3 is 1.58 bits per heavy atom. The molecule has 0 fully saturated rings. The van der Waals surface area contributed by atoms with Crippen LogP contribution in [0.1, 0.15) is 27.6 Å². The Kier molecular flexibility index (Phi) is 7.84. The molecule has 6 heteroatoms. The van der Waals surface area contributed by atoms with Gasteiger partial charge in [-0.1, -0.05) is 0 Å². The van der Waals surface area contributed by atoms with Gasteiger partial charge in [0.2, 0.25) is 0 Å². The molecule has 24 heavy (non-hydrogen) atoms. The quantitative estimate of drug-likeness (QED) is 0.846. The summed E-state index contributed by atoms with van der Waals surface area (Å²) in [6, 6.07) is 13.0. The molecule has 0 unspecified atom stereocenters. The van der Waals surface area contributed by atoms with E-state index in [-0.39, 0.29) is 11.5 Å². The van der Waals surface area contributed by atoms with Crippen LogP contribution < -0.4 is 9.47 Å². The number of aromatic carboxylic acids is 1. The molecule has 2 aromatic rings. The van der Waals surface area contributed by atoms with E-state index in [1.54, 1.807) is 50.4 Å². The highest BCUT2D eigenvalue weighted by Gasteiger charge is 2.04. The number of carboxylic acid groups (broad SMARTS) is 1. The maximum Gasteiger partial charge on any atom is 0.338 e. The Labute approximate surface area is 140 Å². The van der Waals surface area contributed by atoms with Crippen LogP contribution in [-0.2, 0) is 4.74 Å². The zero-order valence-corrected chi connectivity index (χ0v) is 13.8. The van der Waals surface area contributed by atoms with Gasteiger partial charge in [-0.3, -0.25) is 0 Å². The summed E-state index contributed by atoms with van der Waals surface area (Å²) in [5, 5.41) is 8.51. The summed E-state index contributed by atoms with van der Waals surface area (Å²) in [5.74, 6) is 0.167. The number of hydrogen-bond acceptors (Lipinski definition) is 5. The van der Waals surface area contributed by atoms with Crippen LogP contribution in [0.25, 0.3) is 0 Å². The normalized spacial score (nSPS) is 9.29. The van der Waals surface area contributed by atoms with E-state index in [1.165, 1.54) is 19.2 Å². The predicted octanol–water partition coefficient (Wildman–Crippen LogP) is 3.27. The lowest BCUT2D eigenvalue weighted by atomic mass is 10.2. The molecule has 0 radical (unpaired) electrons. The molecule has 0 heterocycles. The Bertz CT molecular complexity index is 646. The van der Waals surface area contributed by atoms with Crippen molar-refractivity contribution in [3.05, 3.63) is 59.7 Å². The molecule has 0 saturated carbocycles. The largest absolute Gasteiger partial charge is 0.497 e. The van der Waals surface area contributed by atoms with Gasteiger partial charge in [-0.15, -0.1) is 0 Å². The van der Waals surface area contributed by atoms with Gasteiger partial charge in [-0.25, -0.2) is 9.59 Å². The van der Waals surface area contributed by atoms with Gasteiger partial charge in [0.15, 0.2) is 0 Å². The van der Waals surface area contributed by atoms with Gasteiger partial charge in [-0.2, -0.15) is 0 Å². The minimum Gasteiger partial charge on any atom is -0.497 e. The SMILES string of the molecule is CCOC(=O)c1ccc(OC)cc1.COc1ccc(C(=O)O)cc1. The van der Waals surface area contributed by atoms with E-state index in [0.717, 1.165) is 5.75 Å². The lowest BCUT2D eigenvalue weighted by molar-refractivity contribution is 0.0525. The number of benzene rings is 2. The molecular weight excluding hydrogens is 312 g/mol. The van der Waals surface area contributed by atoms with Crippen LogP contribution in [0, 0.1) is 0 Å². The summed E-state index contributed by atoms with van der Waals surface area (Å²) < 4.78 is 14.6. The van der Waals surface area contributed by atoms with Gasteiger partial charge in [0, 0.05) is 0 Å². The Balaban J connectivity index is 0.000000243. The van der Waals surface area contributed by atoms with Crippen molar-refractivity contribution in [1.29, 1.82) is 0 Å². The van der Waals surface area contributed by atoms with E-state index in [4.69, 9.17) is 19.3 Å². The first kappa shape index (κ1) is 19.0. The molecule has 0 aromatic heterocycles. The number of carbonyl (C=O) groups excluding carboxylic acids is 1. The van der Waals surface area contributed by atoms with Gasteiger partial charge in [0.05, 0.1) is 32.0 Å². The molecule has 2 rings (SSSR count). The zero-order valence-electron chi connectivity index (χ0n) is 13.8. The first-order valence-corrected chi connectivity index (χ1v) is 7.20. The van der Waals surface area contributed by atoms with Gasteiger partial charge < -0.3 is 19.3 Å². The summed E-state index contributed by atoms with van der Waals surface area (Å²) in [4.78, 5) is 21.5. The van der Waals surface area contributed by atoms with Crippen LogP contribution in [-0.4, -0.2) is 37.9 Å². The number of methoxy groups -OCH3 is 2. The number of rotatable bonds is 5. The van der Waals surface area contributed by atoms with Crippen LogP contribution in [0.2, 0.25) is 0 Å². The molecule has 0 spiro atoms. The molecule has 0 aliphatic carbocycles. The van der Waals surface area contributed by atoms with Crippen molar-refractivity contribution in [2.45, 2.75) is 6.92 Å². The standard InChI is InChI=1S/C10H12O3.C8H8O3/c1-3-13-10(11)8-4-6-9(12-2)7-5-8;1-11-7-4-2-6(3-5-7)8(9)10/h4-7H,3H2,1-2H3;2-5H,1H3,(H,9,10). The average molecular weight is 332 g/mol. The third-order valence-corrected chi connectivity index (χ3v) is 2.94. The maximum atomic E-state index is 11.2. The van der Waals surface area contributed by atoms with Crippen molar-refractivity contribution >= 4 is 11.9 Å². The first-order valence-electron chi connectivity index (χ1n) is 7.20. The molecule has 0 aliphatic heterocycles. The van der Waals surface area contributed by atoms with Gasteiger partial charge in [0.25, 0.3) is 0 Å². The first-order chi connectivity index (χ1) is 11.5. The van der Waals surface area contributed by atoms with Crippen LogP contribution in [0.5, 0.6) is 11.5 Å². The molecule has 0 amide bonds. The number of carboxylic acids is 1. The minimum atomic E-state index is -0.923. The highest BCUT2D eigenvalue weighted by molar-refractivity contribution is 5.89. The van der Waals surface area contributed by atoms with Crippen LogP contribution in [0.4, 0.5) is 0 Å². The molecule has 0 atom stereocenters. The third-order valence-electron chi connectivity index (χ3n) is 2.94. The van der Waals surface area contributed by atoms with Crippen molar-refractivity contribution in [2.75, 3.05) is 20.8 Å². The lowest BCUT2D eigenvalue weighted by Gasteiger charge is -2.02. The summed E-state index contributed by atoms with van der Waals surface area (Å²) in [5.41, 5.74) is 0.813. The fourth-order valence-corrected chi connectivity index (χ4v) is 1.68. The van der Waals surface area contributed by atoms with Gasteiger partial charge in [-0.05, 0) is 55.5 Å². The van der Waals surface area contributed by atoms with Crippen molar-refractivity contribution in [3.63, 3.8) is 0 Å². The predicted molar refractivity (Wildman–Crippen MR) is 88.9 cm³/mol. The maximum absolute atomic E-state index is 11.2. The average Bonchev–Trinajstić information content (AvgIpc) is 2.62. The summed E-state index contributed by atoms with van der Waals surface area (Å²) >= 11 is 0. The Morgan fingerprint density at radius 1 is 0.833 bits per heavy atom. The van der Waals surface area contributed by atoms with Crippen molar-refractivity contribution in [1.82, 2.24) is 0 Å². The van der Waals surface area contributed by atoms with Crippen molar-refractivity contribution in [2.24, 2.45) is 0 Å². The molecule has 128 valence electrons. The molecule has 0 bridgehead atoms. The van der Waals surface area contributed by atoms with Gasteiger partial charge in [0.1, 0.15) is 11.5 Å². The van der Waals surface area contributed by atoms with E-state index in [0.29, 0.717) is 17.9 Å². The van der Waals surface area contributed by atoms with E-state index >= 15 is 0 Å². The second-order valence-corrected chi connectivity index (χ2v) is 4.48. The van der Waals surface area contributed by atoms with E-state index in [9.17, 15) is 9.59 Å². The molecular formula is C18H20O6. The summed E-state index contributed by atoms with van der Waals surface area (Å²) in [7, 11) is 3.12. The van der Waals surface area contributed by atoms with E-state index < -0.39 is 5.97 Å². The molecule has 0 saturated heterocycles. The van der Waals surface area contributed by atoms with E-state index in [2.05, 4.69) is 0 Å². The Morgan fingerprint density at radius 2 is 1.25 bits per heavy atom. The molecule has 1 N–H and O–H groups in total. The van der Waals surface area contributed by atoms with Crippen molar-refractivity contribution in [3.8, 4) is 11.5 Å². The topological polar surface area (TPSA) is 82.1 Å². The number of carbonyl (C=O) groups is 2. The highest BCUT2D eigenvalue weighted by Crippen LogP contribution is 2.12. The fraction of sp³-hybridized carbons (Fsp3) is 0.222. The fourth-order valence-electron chi connectivity index (χ4n) is 1.68. The number of ether oxygens (including phenoxy) is 3. The van der Waals surface area contributed by atoms with Crippen LogP contribution in [0.15, 0.2) is 48.5 Å². The lowest BCUT2D eigenvalue weighted by Crippen LogP contribution is -2.03. The minimum absolute atomic E-state index is 0.269.